The Morgan fingerprint density at radius 3 is 2.62 bits per heavy atom. The molecule has 1 saturated heterocycles. The molecule has 1 aromatic rings. The fourth-order valence-electron chi connectivity index (χ4n) is 3.12. The van der Waals surface area contributed by atoms with Crippen molar-refractivity contribution in [2.45, 2.75) is 44.7 Å². The number of piperidine rings is 1. The van der Waals surface area contributed by atoms with Crippen molar-refractivity contribution in [3.05, 3.63) is 22.4 Å². The molecule has 1 aliphatic heterocycles. The number of aliphatic carboxylic acids is 1. The predicted octanol–water partition coefficient (Wildman–Crippen LogP) is 2.91. The summed E-state index contributed by atoms with van der Waals surface area (Å²) < 4.78 is 2.98. The van der Waals surface area contributed by atoms with Crippen LogP contribution in [0, 0.1) is 5.92 Å². The summed E-state index contributed by atoms with van der Waals surface area (Å²) in [7, 11) is 0. The molecule has 1 N–H and O–H groups in total. The Bertz CT molecular complexity index is 579. The van der Waals surface area contributed by atoms with Gasteiger partial charge in [-0.05, 0) is 54.6 Å². The lowest BCUT2D eigenvalue weighted by Gasteiger charge is -2.36. The molecule has 1 aromatic heterocycles. The van der Waals surface area contributed by atoms with Gasteiger partial charge in [-0.25, -0.2) is 0 Å². The van der Waals surface area contributed by atoms with Crippen molar-refractivity contribution in [1.29, 1.82) is 0 Å². The zero-order valence-corrected chi connectivity index (χ0v) is 13.5. The Morgan fingerprint density at radius 1 is 1.33 bits per heavy atom. The second kappa shape index (κ2) is 5.48. The van der Waals surface area contributed by atoms with Crippen LogP contribution in [0.4, 0.5) is 0 Å². The molecule has 1 aliphatic carbocycles. The van der Waals surface area contributed by atoms with E-state index < -0.39 is 5.97 Å². The van der Waals surface area contributed by atoms with Gasteiger partial charge in [0, 0.05) is 29.3 Å². The predicted molar refractivity (Wildman–Crippen MR) is 81.3 cm³/mol. The van der Waals surface area contributed by atoms with Crippen LogP contribution in [0.3, 0.4) is 0 Å². The molecule has 2 aliphatic rings. The van der Waals surface area contributed by atoms with Crippen LogP contribution in [0.1, 0.15) is 49.1 Å². The molecule has 3 rings (SSSR count). The zero-order valence-electron chi connectivity index (χ0n) is 12.0. The van der Waals surface area contributed by atoms with Gasteiger partial charge in [-0.3, -0.25) is 9.59 Å². The summed E-state index contributed by atoms with van der Waals surface area (Å²) in [6.07, 6.45) is 5.29. The average Bonchev–Trinajstić information content (AvgIpc) is 3.20. The number of hydrogen-bond acceptors (Lipinski definition) is 2. The fraction of sp³-hybridized carbons (Fsp3) is 0.600. The highest BCUT2D eigenvalue weighted by Gasteiger charge is 2.35. The first kappa shape index (κ1) is 14.6. The molecule has 1 saturated carbocycles. The van der Waals surface area contributed by atoms with Crippen LogP contribution in [0.25, 0.3) is 0 Å². The molecular weight excluding hydrogens is 336 g/mol. The van der Waals surface area contributed by atoms with Gasteiger partial charge in [0.15, 0.2) is 0 Å². The van der Waals surface area contributed by atoms with Gasteiger partial charge in [-0.1, -0.05) is 0 Å². The molecule has 6 heteroatoms. The highest BCUT2D eigenvalue weighted by Crippen LogP contribution is 2.38. The monoisotopic (exact) mass is 354 g/mol. The third-order valence-electron chi connectivity index (χ3n) is 4.46. The molecule has 114 valence electrons. The normalized spacial score (nSPS) is 25.9. The number of carbonyl (C=O) groups excluding carboxylic acids is 1. The molecule has 0 radical (unpaired) electrons. The molecule has 21 heavy (non-hydrogen) atoms. The quantitative estimate of drug-likeness (QED) is 0.907. The Morgan fingerprint density at radius 2 is 2.05 bits per heavy atom. The van der Waals surface area contributed by atoms with Gasteiger partial charge in [0.25, 0.3) is 5.91 Å². The molecule has 0 bridgehead atoms. The van der Waals surface area contributed by atoms with Gasteiger partial charge < -0.3 is 14.6 Å². The van der Waals surface area contributed by atoms with Crippen LogP contribution in [-0.4, -0.2) is 39.0 Å². The maximum atomic E-state index is 12.8. The van der Waals surface area contributed by atoms with Gasteiger partial charge in [-0.2, -0.15) is 0 Å². The van der Waals surface area contributed by atoms with E-state index in [-0.39, 0.29) is 17.9 Å². The number of aromatic nitrogens is 1. The first-order valence-corrected chi connectivity index (χ1v) is 8.18. The van der Waals surface area contributed by atoms with Crippen LogP contribution >= 0.6 is 15.9 Å². The number of nitrogens with zero attached hydrogens (tertiary/aromatic N) is 2. The van der Waals surface area contributed by atoms with E-state index in [0.717, 1.165) is 17.3 Å². The summed E-state index contributed by atoms with van der Waals surface area (Å²) in [5.41, 5.74) is 0.713. The van der Waals surface area contributed by atoms with E-state index in [1.807, 2.05) is 24.1 Å². The minimum absolute atomic E-state index is 0.0175. The minimum Gasteiger partial charge on any atom is -0.481 e. The fourth-order valence-corrected chi connectivity index (χ4v) is 3.55. The standard InChI is InChI=1S/C15H19BrN2O3/c1-9-6-10(15(20)21)4-5-17(9)14(19)13-7-11(16)8-18(13)12-2-3-12/h7-10,12H,2-6H2,1H3,(H,20,21). The number of hydrogen-bond donors (Lipinski definition) is 1. The van der Waals surface area contributed by atoms with Crippen molar-refractivity contribution >= 4 is 27.8 Å². The molecular formula is C15H19BrN2O3. The third-order valence-corrected chi connectivity index (χ3v) is 4.89. The molecule has 0 aromatic carbocycles. The van der Waals surface area contributed by atoms with Gasteiger partial charge in [0.1, 0.15) is 5.69 Å². The van der Waals surface area contributed by atoms with E-state index in [1.54, 1.807) is 0 Å². The number of likely N-dealkylation sites (tertiary alicyclic amines) is 1. The van der Waals surface area contributed by atoms with Crippen molar-refractivity contribution in [2.75, 3.05) is 6.54 Å². The Kier molecular flexibility index (Phi) is 3.82. The first-order chi connectivity index (χ1) is 9.97. The Hall–Kier alpha value is -1.30. The summed E-state index contributed by atoms with van der Waals surface area (Å²) in [5.74, 6) is -1.06. The maximum Gasteiger partial charge on any atom is 0.306 e. The Labute approximate surface area is 132 Å². The second-order valence-corrected chi connectivity index (χ2v) is 7.00. The zero-order chi connectivity index (χ0) is 15.1. The highest BCUT2D eigenvalue weighted by atomic mass is 79.9. The molecule has 2 unspecified atom stereocenters. The lowest BCUT2D eigenvalue weighted by Crippen LogP contribution is -2.46. The molecule has 2 atom stereocenters. The molecule has 0 spiro atoms. The summed E-state index contributed by atoms with van der Waals surface area (Å²) in [5, 5.41) is 9.11. The maximum absolute atomic E-state index is 12.8. The molecule has 2 heterocycles. The minimum atomic E-state index is -0.752. The van der Waals surface area contributed by atoms with Crippen LogP contribution < -0.4 is 0 Å². The van der Waals surface area contributed by atoms with E-state index >= 15 is 0 Å². The number of halogens is 1. The summed E-state index contributed by atoms with van der Waals surface area (Å²) in [6, 6.07) is 2.28. The van der Waals surface area contributed by atoms with Crippen molar-refractivity contribution in [1.82, 2.24) is 9.47 Å². The van der Waals surface area contributed by atoms with Crippen molar-refractivity contribution < 1.29 is 14.7 Å². The third kappa shape index (κ3) is 2.86. The summed E-state index contributed by atoms with van der Waals surface area (Å²) in [6.45, 7) is 2.46. The topological polar surface area (TPSA) is 62.5 Å². The molecule has 5 nitrogen and oxygen atoms in total. The van der Waals surface area contributed by atoms with Crippen LogP contribution in [0.2, 0.25) is 0 Å². The van der Waals surface area contributed by atoms with Crippen LogP contribution in [-0.2, 0) is 4.79 Å². The number of carbonyl (C=O) groups is 2. The number of amides is 1. The SMILES string of the molecule is CC1CC(C(=O)O)CCN1C(=O)c1cc(Br)cn1C1CC1. The summed E-state index contributed by atoms with van der Waals surface area (Å²) >= 11 is 3.45. The summed E-state index contributed by atoms with van der Waals surface area (Å²) in [4.78, 5) is 25.7. The first-order valence-electron chi connectivity index (χ1n) is 7.38. The van der Waals surface area contributed by atoms with Crippen molar-refractivity contribution in [3.8, 4) is 0 Å². The largest absolute Gasteiger partial charge is 0.481 e. The Balaban J connectivity index is 1.78. The van der Waals surface area contributed by atoms with Crippen molar-refractivity contribution in [2.24, 2.45) is 5.92 Å². The number of rotatable bonds is 3. The van der Waals surface area contributed by atoms with Gasteiger partial charge in [-0.15, -0.1) is 0 Å². The van der Waals surface area contributed by atoms with Gasteiger partial charge in [0.2, 0.25) is 0 Å². The molecule has 2 fully saturated rings. The second-order valence-electron chi connectivity index (χ2n) is 6.09. The van der Waals surface area contributed by atoms with Crippen LogP contribution in [0.5, 0.6) is 0 Å². The van der Waals surface area contributed by atoms with E-state index in [0.29, 0.717) is 31.1 Å². The van der Waals surface area contributed by atoms with Gasteiger partial charge >= 0.3 is 5.97 Å². The average molecular weight is 355 g/mol. The number of carboxylic acid groups (broad SMARTS) is 1. The van der Waals surface area contributed by atoms with E-state index in [2.05, 4.69) is 20.5 Å². The van der Waals surface area contributed by atoms with E-state index in [1.165, 1.54) is 0 Å². The van der Waals surface area contributed by atoms with E-state index in [9.17, 15) is 9.59 Å². The smallest absolute Gasteiger partial charge is 0.306 e. The van der Waals surface area contributed by atoms with E-state index in [4.69, 9.17) is 5.11 Å². The molecule has 1 amide bonds. The highest BCUT2D eigenvalue weighted by molar-refractivity contribution is 9.10. The lowest BCUT2D eigenvalue weighted by molar-refractivity contribution is -0.143. The van der Waals surface area contributed by atoms with Crippen molar-refractivity contribution in [3.63, 3.8) is 0 Å². The van der Waals surface area contributed by atoms with Gasteiger partial charge in [0.05, 0.1) is 5.92 Å². The van der Waals surface area contributed by atoms with Crippen LogP contribution in [0.15, 0.2) is 16.7 Å². The number of carboxylic acids is 1. The lowest BCUT2D eigenvalue weighted by atomic mass is 9.91.